The Morgan fingerprint density at radius 3 is 2.70 bits per heavy atom. The molecule has 10 rings (SSSR count). The number of nitrogens with one attached hydrogen (secondary N) is 1. The highest BCUT2D eigenvalue weighted by Gasteiger charge is 2.50. The summed E-state index contributed by atoms with van der Waals surface area (Å²) in [4.78, 5) is 52.7. The van der Waals surface area contributed by atoms with Crippen molar-refractivity contribution in [1.29, 1.82) is 0 Å². The molecule has 0 saturated carbocycles. The number of aliphatic imine (C=N–C) groups is 1. The summed E-state index contributed by atoms with van der Waals surface area (Å²) in [5.74, 6) is -0.648. The van der Waals surface area contributed by atoms with Crippen molar-refractivity contribution in [3.8, 4) is 22.8 Å². The Labute approximate surface area is 344 Å². The topological polar surface area (TPSA) is 161 Å². The predicted octanol–water partition coefficient (Wildman–Crippen LogP) is 7.58. The van der Waals surface area contributed by atoms with Gasteiger partial charge in [-0.2, -0.15) is 4.99 Å². The summed E-state index contributed by atoms with van der Waals surface area (Å²) in [6.07, 6.45) is 2.88. The van der Waals surface area contributed by atoms with E-state index in [-0.39, 0.29) is 47.8 Å². The summed E-state index contributed by atoms with van der Waals surface area (Å²) >= 11 is 0. The second kappa shape index (κ2) is 15.6. The number of fused-ring (bicyclic) bond motifs is 7. The van der Waals surface area contributed by atoms with Crippen molar-refractivity contribution >= 4 is 40.4 Å². The number of nitrogens with zero attached hydrogens (tertiary/aromatic N) is 6. The molecular weight excluding hydrogens is 781 g/mol. The molecule has 15 nitrogen and oxygen atoms in total. The first-order valence-corrected chi connectivity index (χ1v) is 20.3. The molecule has 1 amide bonds. The second-order valence-corrected chi connectivity index (χ2v) is 16.7. The van der Waals surface area contributed by atoms with Crippen molar-refractivity contribution in [1.82, 2.24) is 25.0 Å². The number of hydrogen-bond donors (Lipinski definition) is 1. The monoisotopic (exact) mass is 825 g/mol. The predicted molar refractivity (Wildman–Crippen MR) is 216 cm³/mol. The van der Waals surface area contributed by atoms with E-state index in [2.05, 4.69) is 15.1 Å². The summed E-state index contributed by atoms with van der Waals surface area (Å²) in [7, 11) is 1.83. The number of benzene rings is 3. The summed E-state index contributed by atoms with van der Waals surface area (Å²) in [5.41, 5.74) is 0.323. The van der Waals surface area contributed by atoms with Gasteiger partial charge in [-0.25, -0.2) is 18.4 Å². The third-order valence-corrected chi connectivity index (χ3v) is 12.4. The Morgan fingerprint density at radius 2 is 1.88 bits per heavy atom. The first-order chi connectivity index (χ1) is 28.9. The van der Waals surface area contributed by atoms with E-state index in [9.17, 15) is 24.1 Å². The number of ether oxygens (including phenoxy) is 4. The minimum absolute atomic E-state index is 0.0262. The zero-order valence-electron chi connectivity index (χ0n) is 33.3. The van der Waals surface area contributed by atoms with E-state index in [4.69, 9.17) is 28.9 Å². The maximum absolute atomic E-state index is 17.7. The number of rotatable bonds is 5. The summed E-state index contributed by atoms with van der Waals surface area (Å²) in [5, 5.41) is 15.5. The Bertz CT molecular complexity index is 2400. The molecule has 3 saturated heterocycles. The van der Waals surface area contributed by atoms with Crippen LogP contribution in [0.15, 0.2) is 65.8 Å². The quantitative estimate of drug-likeness (QED) is 0.0911. The van der Waals surface area contributed by atoms with E-state index in [0.29, 0.717) is 67.2 Å². The number of non-ortho nitro benzene ring substituents is 1. The minimum Gasteiger partial charge on any atom is -0.463 e. The number of amides is 1. The van der Waals surface area contributed by atoms with E-state index in [0.717, 1.165) is 31.4 Å². The van der Waals surface area contributed by atoms with Gasteiger partial charge in [0.2, 0.25) is 0 Å². The van der Waals surface area contributed by atoms with E-state index >= 15 is 4.39 Å². The average molecular weight is 826 g/mol. The molecule has 314 valence electrons. The molecule has 60 heavy (non-hydrogen) atoms. The molecule has 3 fully saturated rings. The normalized spacial score (nSPS) is 26.4. The third kappa shape index (κ3) is 7.44. The molecule has 4 aromatic rings. The highest BCUT2D eigenvalue weighted by atomic mass is 19.1. The lowest BCUT2D eigenvalue weighted by Crippen LogP contribution is -2.59. The second-order valence-electron chi connectivity index (χ2n) is 16.7. The molecule has 6 aliphatic rings. The SMILES string of the molecule is CN1C(OC[C@@]23CCCN2C[C@H](F)C3)=Nc2c3cnc(c2F)-c2cc(OC(=O)Oc4ccc([N+](=O)[O-])cc4)cc4cccc(c24)CCCOC(=O)N[C@]2(C)CCCN(C2)C31. The fraction of sp³-hybridized carbons (Fsp3) is 0.442. The van der Waals surface area contributed by atoms with Crippen molar-refractivity contribution < 1.29 is 42.2 Å². The number of aryl methyl sites for hydroxylation is 1. The molecule has 6 bridgehead atoms. The zero-order valence-corrected chi connectivity index (χ0v) is 33.3. The van der Waals surface area contributed by atoms with Crippen LogP contribution in [-0.2, 0) is 15.9 Å². The fourth-order valence-corrected chi connectivity index (χ4v) is 9.77. The van der Waals surface area contributed by atoms with Crippen molar-refractivity contribution in [2.45, 2.75) is 75.3 Å². The molecule has 3 aromatic carbocycles. The number of nitro groups is 1. The van der Waals surface area contributed by atoms with Gasteiger partial charge in [0.1, 0.15) is 41.8 Å². The number of pyridine rings is 1. The van der Waals surface area contributed by atoms with Crippen LogP contribution in [-0.4, -0.2) is 107 Å². The molecular formula is C43H45F2N7O8. The van der Waals surface area contributed by atoms with E-state index in [1.165, 1.54) is 30.3 Å². The van der Waals surface area contributed by atoms with Crippen molar-refractivity contribution in [3.63, 3.8) is 0 Å². The summed E-state index contributed by atoms with van der Waals surface area (Å²) in [6, 6.07) is 13.8. The van der Waals surface area contributed by atoms with Gasteiger partial charge >= 0.3 is 12.2 Å². The smallest absolute Gasteiger partial charge is 0.463 e. The number of aromatic nitrogens is 1. The maximum Gasteiger partial charge on any atom is 0.519 e. The first kappa shape index (κ1) is 39.5. The lowest BCUT2D eigenvalue weighted by molar-refractivity contribution is -0.384. The van der Waals surface area contributed by atoms with Gasteiger partial charge in [0, 0.05) is 62.6 Å². The van der Waals surface area contributed by atoms with Crippen LogP contribution in [0, 0.1) is 15.9 Å². The van der Waals surface area contributed by atoms with Crippen molar-refractivity contribution in [2.24, 2.45) is 4.99 Å². The standard InChI is InChI=1S/C43H45F2N7O8/c1-42-14-5-16-50(24-42)38-33-22-46-36(35(45)37(33)47-39(49(38)2)58-25-43-15-6-17-51(43)23-28(44)21-43)32-20-31(60-41(54)59-30-12-10-29(11-13-30)52(55)56)19-27-8-3-7-26(34(27)32)9-4-18-57-40(53)48-42/h3,7-8,10-13,19-20,22,28,38H,4-6,9,14-18,21,23-25H2,1-2H3,(H,48,53)/t28-,38?,42-,43+/m1/s1. The molecule has 0 spiro atoms. The van der Waals surface area contributed by atoms with Gasteiger partial charge < -0.3 is 29.2 Å². The van der Waals surface area contributed by atoms with Crippen LogP contribution in [0.3, 0.4) is 0 Å². The largest absolute Gasteiger partial charge is 0.519 e. The number of carbonyl (C=O) groups is 2. The van der Waals surface area contributed by atoms with Gasteiger partial charge in [-0.15, -0.1) is 0 Å². The number of carbonyl (C=O) groups excluding carboxylic acids is 2. The van der Waals surface area contributed by atoms with Crippen LogP contribution in [0.4, 0.5) is 29.7 Å². The number of hydrogen-bond acceptors (Lipinski definition) is 13. The van der Waals surface area contributed by atoms with Crippen LogP contribution < -0.4 is 14.8 Å². The van der Waals surface area contributed by atoms with Crippen molar-refractivity contribution in [3.05, 3.63) is 87.9 Å². The number of piperidine rings is 1. The minimum atomic E-state index is -1.11. The zero-order chi connectivity index (χ0) is 41.8. The van der Waals surface area contributed by atoms with Gasteiger partial charge in [0.25, 0.3) is 11.7 Å². The van der Waals surface area contributed by atoms with Crippen LogP contribution in [0.2, 0.25) is 0 Å². The summed E-state index contributed by atoms with van der Waals surface area (Å²) < 4.78 is 55.7. The number of amidine groups is 1. The Balaban J connectivity index is 1.15. The van der Waals surface area contributed by atoms with E-state index in [1.54, 1.807) is 18.3 Å². The van der Waals surface area contributed by atoms with Gasteiger partial charge in [-0.05, 0) is 92.6 Å². The highest BCUT2D eigenvalue weighted by molar-refractivity contribution is 6.00. The van der Waals surface area contributed by atoms with Crippen LogP contribution >= 0.6 is 0 Å². The molecule has 6 aliphatic heterocycles. The molecule has 0 aliphatic carbocycles. The van der Waals surface area contributed by atoms with E-state index in [1.807, 2.05) is 31.0 Å². The third-order valence-electron chi connectivity index (χ3n) is 12.4. The lowest BCUT2D eigenvalue weighted by Gasteiger charge is -2.48. The molecule has 0 radical (unpaired) electrons. The summed E-state index contributed by atoms with van der Waals surface area (Å²) in [6.45, 7) is 4.49. The fourth-order valence-electron chi connectivity index (χ4n) is 9.77. The van der Waals surface area contributed by atoms with Crippen LogP contribution in [0.1, 0.15) is 62.7 Å². The van der Waals surface area contributed by atoms with Gasteiger partial charge in [0.15, 0.2) is 5.82 Å². The lowest BCUT2D eigenvalue weighted by atomic mass is 9.90. The highest BCUT2D eigenvalue weighted by Crippen LogP contribution is 2.46. The molecule has 2 unspecified atom stereocenters. The number of alkyl halides is 1. The number of halogens is 2. The average Bonchev–Trinajstić information content (AvgIpc) is 3.74. The van der Waals surface area contributed by atoms with Crippen LogP contribution in [0.5, 0.6) is 11.5 Å². The Morgan fingerprint density at radius 1 is 1.08 bits per heavy atom. The molecule has 7 heterocycles. The molecule has 1 N–H and O–H groups in total. The van der Waals surface area contributed by atoms with Crippen LogP contribution in [0.25, 0.3) is 22.0 Å². The van der Waals surface area contributed by atoms with Crippen molar-refractivity contribution in [2.75, 3.05) is 46.4 Å². The Kier molecular flexibility index (Phi) is 10.3. The maximum atomic E-state index is 17.7. The first-order valence-electron chi connectivity index (χ1n) is 20.3. The molecule has 1 aromatic heterocycles. The molecule has 17 heteroatoms. The molecule has 5 atom stereocenters. The van der Waals surface area contributed by atoms with Gasteiger partial charge in [0.05, 0.1) is 22.6 Å². The van der Waals surface area contributed by atoms with Gasteiger partial charge in [-0.3, -0.25) is 24.9 Å². The van der Waals surface area contributed by atoms with E-state index < -0.39 is 46.4 Å². The Hall–Kier alpha value is -5.94. The van der Waals surface area contributed by atoms with Gasteiger partial charge in [-0.1, -0.05) is 18.2 Å². The number of alkyl carbamates (subject to hydrolysis) is 1. The number of nitro benzene ring substituents is 1.